The third-order valence-electron chi connectivity index (χ3n) is 4.31. The highest BCUT2D eigenvalue weighted by atomic mass is 16.2. The molecule has 1 amide bonds. The monoisotopic (exact) mass is 224 g/mol. The second-order valence-corrected chi connectivity index (χ2v) is 5.56. The Balaban J connectivity index is 2.15. The van der Waals surface area contributed by atoms with Crippen molar-refractivity contribution in [3.8, 4) is 0 Å². The van der Waals surface area contributed by atoms with Crippen LogP contribution in [0.2, 0.25) is 0 Å². The van der Waals surface area contributed by atoms with E-state index in [1.165, 1.54) is 12.8 Å². The minimum absolute atomic E-state index is 0.126. The van der Waals surface area contributed by atoms with Crippen LogP contribution >= 0.6 is 0 Å². The minimum atomic E-state index is -0.126. The fourth-order valence-electron chi connectivity index (χ4n) is 2.87. The highest BCUT2D eigenvalue weighted by Crippen LogP contribution is 2.39. The Kier molecular flexibility index (Phi) is 3.24. The molecular formula is C13H24N2O. The van der Waals surface area contributed by atoms with Crippen LogP contribution in [-0.4, -0.2) is 36.5 Å². The topological polar surface area (TPSA) is 32.3 Å². The summed E-state index contributed by atoms with van der Waals surface area (Å²) in [6.45, 7) is 9.21. The second kappa shape index (κ2) is 4.36. The lowest BCUT2D eigenvalue weighted by Gasteiger charge is -2.36. The number of amides is 1. The summed E-state index contributed by atoms with van der Waals surface area (Å²) in [6.07, 6.45) is 3.43. The van der Waals surface area contributed by atoms with E-state index in [1.54, 1.807) is 0 Å². The molecule has 1 aliphatic heterocycles. The molecule has 1 aliphatic carbocycles. The molecular weight excluding hydrogens is 200 g/mol. The van der Waals surface area contributed by atoms with E-state index in [0.717, 1.165) is 26.1 Å². The predicted molar refractivity (Wildman–Crippen MR) is 65.2 cm³/mol. The number of nitrogens with one attached hydrogen (secondary N) is 1. The lowest BCUT2D eigenvalue weighted by Crippen LogP contribution is -2.49. The number of carbonyl (C=O) groups excluding carboxylic acids is 1. The van der Waals surface area contributed by atoms with Gasteiger partial charge < -0.3 is 10.2 Å². The van der Waals surface area contributed by atoms with Crippen LogP contribution < -0.4 is 5.32 Å². The maximum absolute atomic E-state index is 12.7. The van der Waals surface area contributed by atoms with Gasteiger partial charge in [0.2, 0.25) is 5.91 Å². The molecule has 0 aromatic carbocycles. The van der Waals surface area contributed by atoms with Gasteiger partial charge in [-0.25, -0.2) is 0 Å². The molecule has 92 valence electrons. The van der Waals surface area contributed by atoms with Gasteiger partial charge in [0, 0.05) is 19.1 Å². The van der Waals surface area contributed by atoms with E-state index in [4.69, 9.17) is 0 Å². The van der Waals surface area contributed by atoms with Gasteiger partial charge in [0.05, 0.1) is 5.41 Å². The van der Waals surface area contributed by atoms with E-state index in [9.17, 15) is 4.79 Å². The van der Waals surface area contributed by atoms with Crippen LogP contribution in [-0.2, 0) is 4.79 Å². The Hall–Kier alpha value is -0.570. The Bertz CT molecular complexity index is 265. The quantitative estimate of drug-likeness (QED) is 0.787. The number of rotatable bonds is 4. The average Bonchev–Trinajstić information content (AvgIpc) is 2.96. The van der Waals surface area contributed by atoms with E-state index in [1.807, 2.05) is 0 Å². The standard InChI is InChI=1S/C13H24N2O/c1-4-15(11-5-6-11)12(16)13(10(2)3)7-8-14-9-13/h10-11,14H,4-9H2,1-3H3. The lowest BCUT2D eigenvalue weighted by molar-refractivity contribution is -0.144. The van der Waals surface area contributed by atoms with Gasteiger partial charge in [0.25, 0.3) is 0 Å². The van der Waals surface area contributed by atoms with Crippen molar-refractivity contribution < 1.29 is 4.79 Å². The first-order chi connectivity index (χ1) is 7.62. The van der Waals surface area contributed by atoms with Crippen molar-refractivity contribution in [3.63, 3.8) is 0 Å². The maximum atomic E-state index is 12.7. The van der Waals surface area contributed by atoms with Crippen LogP contribution in [0, 0.1) is 11.3 Å². The summed E-state index contributed by atoms with van der Waals surface area (Å²) in [5.41, 5.74) is -0.126. The van der Waals surface area contributed by atoms with Crippen molar-refractivity contribution in [1.82, 2.24) is 10.2 Å². The van der Waals surface area contributed by atoms with Crippen LogP contribution in [0.4, 0.5) is 0 Å². The van der Waals surface area contributed by atoms with Crippen LogP contribution in [0.1, 0.15) is 40.0 Å². The highest BCUT2D eigenvalue weighted by molar-refractivity contribution is 5.84. The number of carbonyl (C=O) groups is 1. The molecule has 1 N–H and O–H groups in total. The molecule has 3 heteroatoms. The minimum Gasteiger partial charge on any atom is -0.339 e. The normalized spacial score (nSPS) is 29.8. The third-order valence-corrected chi connectivity index (χ3v) is 4.31. The van der Waals surface area contributed by atoms with Crippen LogP contribution in [0.15, 0.2) is 0 Å². The third kappa shape index (κ3) is 1.86. The molecule has 1 saturated carbocycles. The Morgan fingerprint density at radius 3 is 2.56 bits per heavy atom. The number of hydrogen-bond acceptors (Lipinski definition) is 2. The summed E-state index contributed by atoms with van der Waals surface area (Å²) in [4.78, 5) is 14.8. The molecule has 0 bridgehead atoms. The summed E-state index contributed by atoms with van der Waals surface area (Å²) >= 11 is 0. The van der Waals surface area contributed by atoms with Gasteiger partial charge in [0.1, 0.15) is 0 Å². The summed E-state index contributed by atoms with van der Waals surface area (Å²) in [5.74, 6) is 0.834. The number of hydrogen-bond donors (Lipinski definition) is 1. The van der Waals surface area contributed by atoms with Crippen LogP contribution in [0.25, 0.3) is 0 Å². The van der Waals surface area contributed by atoms with Crippen molar-refractivity contribution in [3.05, 3.63) is 0 Å². The second-order valence-electron chi connectivity index (χ2n) is 5.56. The maximum Gasteiger partial charge on any atom is 0.230 e. The van der Waals surface area contributed by atoms with Gasteiger partial charge in [-0.1, -0.05) is 13.8 Å². The first kappa shape index (κ1) is 11.9. The molecule has 3 nitrogen and oxygen atoms in total. The summed E-state index contributed by atoms with van der Waals surface area (Å²) in [6, 6.07) is 0.550. The smallest absolute Gasteiger partial charge is 0.230 e. The van der Waals surface area contributed by atoms with Gasteiger partial charge in [-0.3, -0.25) is 4.79 Å². The zero-order chi connectivity index (χ0) is 11.8. The summed E-state index contributed by atoms with van der Waals surface area (Å²) in [5, 5.41) is 3.37. The largest absolute Gasteiger partial charge is 0.339 e. The van der Waals surface area contributed by atoms with Crippen molar-refractivity contribution >= 4 is 5.91 Å². The van der Waals surface area contributed by atoms with Gasteiger partial charge >= 0.3 is 0 Å². The van der Waals surface area contributed by atoms with Gasteiger partial charge in [0.15, 0.2) is 0 Å². The lowest BCUT2D eigenvalue weighted by atomic mass is 9.75. The molecule has 0 radical (unpaired) electrons. The van der Waals surface area contributed by atoms with Crippen molar-refractivity contribution in [2.45, 2.75) is 46.1 Å². The predicted octanol–water partition coefficient (Wildman–Crippen LogP) is 1.63. The Morgan fingerprint density at radius 2 is 2.19 bits per heavy atom. The molecule has 2 fully saturated rings. The molecule has 2 aliphatic rings. The first-order valence-corrected chi connectivity index (χ1v) is 6.63. The fourth-order valence-corrected chi connectivity index (χ4v) is 2.87. The molecule has 1 heterocycles. The molecule has 1 atom stereocenters. The molecule has 2 rings (SSSR count). The Labute approximate surface area is 98.6 Å². The van der Waals surface area contributed by atoms with E-state index < -0.39 is 0 Å². The fraction of sp³-hybridized carbons (Fsp3) is 0.923. The van der Waals surface area contributed by atoms with Gasteiger partial charge in [-0.15, -0.1) is 0 Å². The zero-order valence-corrected chi connectivity index (χ0v) is 10.8. The molecule has 1 unspecified atom stereocenters. The SMILES string of the molecule is CCN(C(=O)C1(C(C)C)CCNC1)C1CC1. The molecule has 1 saturated heterocycles. The van der Waals surface area contributed by atoms with Crippen molar-refractivity contribution in [2.75, 3.05) is 19.6 Å². The van der Waals surface area contributed by atoms with Crippen LogP contribution in [0.3, 0.4) is 0 Å². The van der Waals surface area contributed by atoms with E-state index in [-0.39, 0.29) is 5.41 Å². The zero-order valence-electron chi connectivity index (χ0n) is 10.8. The molecule has 16 heavy (non-hydrogen) atoms. The highest BCUT2D eigenvalue weighted by Gasteiger charge is 2.48. The van der Waals surface area contributed by atoms with Crippen LogP contribution in [0.5, 0.6) is 0 Å². The first-order valence-electron chi connectivity index (χ1n) is 6.63. The van der Waals surface area contributed by atoms with E-state index in [0.29, 0.717) is 17.9 Å². The van der Waals surface area contributed by atoms with Gasteiger partial charge in [-0.2, -0.15) is 0 Å². The van der Waals surface area contributed by atoms with E-state index in [2.05, 4.69) is 31.0 Å². The molecule has 0 aromatic rings. The Morgan fingerprint density at radius 1 is 1.50 bits per heavy atom. The molecule has 0 spiro atoms. The summed E-state index contributed by atoms with van der Waals surface area (Å²) in [7, 11) is 0. The molecule has 0 aromatic heterocycles. The number of nitrogens with zero attached hydrogens (tertiary/aromatic N) is 1. The summed E-state index contributed by atoms with van der Waals surface area (Å²) < 4.78 is 0. The van der Waals surface area contributed by atoms with Crippen molar-refractivity contribution in [2.24, 2.45) is 11.3 Å². The van der Waals surface area contributed by atoms with E-state index >= 15 is 0 Å². The van der Waals surface area contributed by atoms with Gasteiger partial charge in [-0.05, 0) is 38.6 Å². The average molecular weight is 224 g/mol. The van der Waals surface area contributed by atoms with Crippen molar-refractivity contribution in [1.29, 1.82) is 0 Å².